The highest BCUT2D eigenvalue weighted by Crippen LogP contribution is 2.06. The van der Waals surface area contributed by atoms with E-state index in [4.69, 9.17) is 0 Å². The lowest BCUT2D eigenvalue weighted by atomic mass is 10.2. The van der Waals surface area contributed by atoms with Gasteiger partial charge in [0.2, 0.25) is 0 Å². The van der Waals surface area contributed by atoms with E-state index in [0.29, 0.717) is 0 Å². The molecule has 0 saturated heterocycles. The molecule has 1 aromatic rings. The van der Waals surface area contributed by atoms with E-state index in [1.807, 2.05) is 12.1 Å². The van der Waals surface area contributed by atoms with Gasteiger partial charge in [-0.2, -0.15) is 0 Å². The average molecular weight is 168 g/mol. The van der Waals surface area contributed by atoms with E-state index in [0.717, 1.165) is 18.8 Å². The van der Waals surface area contributed by atoms with Crippen molar-refractivity contribution >= 4 is 5.69 Å². The minimum absolute atomic E-state index is 0.101. The lowest BCUT2D eigenvalue weighted by molar-refractivity contribution is -0.829. The fourth-order valence-corrected chi connectivity index (χ4v) is 1.38. The highest BCUT2D eigenvalue weighted by atomic mass is 19.1. The van der Waals surface area contributed by atoms with Gasteiger partial charge in [0.25, 0.3) is 0 Å². The number of para-hydroxylation sites is 1. The first-order valence-electron chi connectivity index (χ1n) is 4.39. The molecule has 0 aromatic heterocycles. The van der Waals surface area contributed by atoms with Gasteiger partial charge in [-0.15, -0.1) is 0 Å². The maximum atomic E-state index is 13.2. The zero-order valence-electron chi connectivity index (χ0n) is 7.60. The molecule has 1 nitrogen and oxygen atoms in total. The van der Waals surface area contributed by atoms with Crippen LogP contribution in [0, 0.1) is 5.82 Å². The molecule has 1 N–H and O–H groups in total. The number of rotatable bonds is 3. The van der Waals surface area contributed by atoms with Crippen LogP contribution in [-0.2, 0) is 0 Å². The smallest absolute Gasteiger partial charge is 0.183 e. The topological polar surface area (TPSA) is 4.44 Å². The first-order chi connectivity index (χ1) is 5.79. The molecule has 0 atom stereocenters. The SMILES string of the molecule is CC[NH+](CC)c1ccccc1F. The zero-order valence-corrected chi connectivity index (χ0v) is 7.60. The van der Waals surface area contributed by atoms with Crippen LogP contribution in [0.25, 0.3) is 0 Å². The number of halogens is 1. The van der Waals surface area contributed by atoms with Crippen molar-refractivity contribution in [3.05, 3.63) is 30.1 Å². The molecule has 1 rings (SSSR count). The summed E-state index contributed by atoms with van der Waals surface area (Å²) in [6.45, 7) is 5.98. The van der Waals surface area contributed by atoms with Crippen LogP contribution in [0.2, 0.25) is 0 Å². The molecule has 0 aliphatic heterocycles. The summed E-state index contributed by atoms with van der Waals surface area (Å²) >= 11 is 0. The summed E-state index contributed by atoms with van der Waals surface area (Å²) in [6, 6.07) is 6.96. The summed E-state index contributed by atoms with van der Waals surface area (Å²) in [6.07, 6.45) is 0. The van der Waals surface area contributed by atoms with Crippen molar-refractivity contribution < 1.29 is 9.29 Å². The number of nitrogens with one attached hydrogen (secondary N) is 1. The Balaban J connectivity index is 2.92. The molecule has 66 valence electrons. The minimum Gasteiger partial charge on any atom is -0.300 e. The Morgan fingerprint density at radius 2 is 1.75 bits per heavy atom. The highest BCUT2D eigenvalue weighted by Gasteiger charge is 2.11. The minimum atomic E-state index is -0.101. The van der Waals surface area contributed by atoms with Crippen LogP contribution < -0.4 is 4.90 Å². The number of benzene rings is 1. The van der Waals surface area contributed by atoms with Crippen LogP contribution in [0.3, 0.4) is 0 Å². The monoisotopic (exact) mass is 168 g/mol. The first-order valence-corrected chi connectivity index (χ1v) is 4.39. The molecule has 0 saturated carbocycles. The Morgan fingerprint density at radius 1 is 1.17 bits per heavy atom. The second kappa shape index (κ2) is 4.21. The second-order valence-corrected chi connectivity index (χ2v) is 2.79. The molecular formula is C10H15FN+. The Bertz CT molecular complexity index is 243. The fourth-order valence-electron chi connectivity index (χ4n) is 1.38. The van der Waals surface area contributed by atoms with Gasteiger partial charge < -0.3 is 4.90 Å². The predicted molar refractivity (Wildman–Crippen MR) is 48.1 cm³/mol. The van der Waals surface area contributed by atoms with Crippen molar-refractivity contribution in [1.29, 1.82) is 0 Å². The Morgan fingerprint density at radius 3 is 2.25 bits per heavy atom. The third kappa shape index (κ3) is 1.83. The molecule has 0 fully saturated rings. The van der Waals surface area contributed by atoms with Gasteiger partial charge in [0.15, 0.2) is 11.5 Å². The lowest BCUT2D eigenvalue weighted by Gasteiger charge is -2.14. The van der Waals surface area contributed by atoms with Gasteiger partial charge in [-0.1, -0.05) is 12.1 Å². The van der Waals surface area contributed by atoms with Gasteiger partial charge in [-0.05, 0) is 19.9 Å². The van der Waals surface area contributed by atoms with E-state index in [9.17, 15) is 4.39 Å². The van der Waals surface area contributed by atoms with Crippen LogP contribution in [0.15, 0.2) is 24.3 Å². The van der Waals surface area contributed by atoms with Gasteiger partial charge in [0.05, 0.1) is 13.1 Å². The molecule has 0 unspecified atom stereocenters. The van der Waals surface area contributed by atoms with Gasteiger partial charge in [-0.25, -0.2) is 4.39 Å². The molecule has 0 aliphatic carbocycles. The first kappa shape index (κ1) is 9.20. The summed E-state index contributed by atoms with van der Waals surface area (Å²) in [5.41, 5.74) is 0.780. The molecule has 0 radical (unpaired) electrons. The van der Waals surface area contributed by atoms with Gasteiger partial charge in [0, 0.05) is 6.07 Å². The van der Waals surface area contributed by atoms with Crippen molar-refractivity contribution in [2.45, 2.75) is 13.8 Å². The molecule has 2 heteroatoms. The quantitative estimate of drug-likeness (QED) is 0.695. The fraction of sp³-hybridized carbons (Fsp3) is 0.400. The molecule has 0 amide bonds. The normalized spacial score (nSPS) is 10.7. The third-order valence-corrected chi connectivity index (χ3v) is 2.11. The van der Waals surface area contributed by atoms with E-state index in [1.54, 1.807) is 6.07 Å². The highest BCUT2D eigenvalue weighted by molar-refractivity contribution is 5.30. The van der Waals surface area contributed by atoms with Crippen molar-refractivity contribution in [2.75, 3.05) is 13.1 Å². The predicted octanol–water partition coefficient (Wildman–Crippen LogP) is 1.38. The van der Waals surface area contributed by atoms with Gasteiger partial charge >= 0.3 is 0 Å². The van der Waals surface area contributed by atoms with E-state index in [-0.39, 0.29) is 5.82 Å². The summed E-state index contributed by atoms with van der Waals surface area (Å²) in [7, 11) is 0. The summed E-state index contributed by atoms with van der Waals surface area (Å²) < 4.78 is 13.2. The van der Waals surface area contributed by atoms with Crippen molar-refractivity contribution in [1.82, 2.24) is 0 Å². The summed E-state index contributed by atoms with van der Waals surface area (Å²) in [5, 5.41) is 0. The number of hydrogen-bond acceptors (Lipinski definition) is 0. The average Bonchev–Trinajstić information content (AvgIpc) is 2.10. The van der Waals surface area contributed by atoms with Gasteiger partial charge in [-0.3, -0.25) is 0 Å². The molecule has 0 heterocycles. The molecule has 0 aliphatic rings. The van der Waals surface area contributed by atoms with Crippen LogP contribution >= 0.6 is 0 Å². The van der Waals surface area contributed by atoms with Crippen molar-refractivity contribution in [3.8, 4) is 0 Å². The van der Waals surface area contributed by atoms with E-state index >= 15 is 0 Å². The van der Waals surface area contributed by atoms with E-state index in [1.165, 1.54) is 11.0 Å². The van der Waals surface area contributed by atoms with E-state index in [2.05, 4.69) is 13.8 Å². The summed E-state index contributed by atoms with van der Waals surface area (Å²) in [4.78, 5) is 1.19. The zero-order chi connectivity index (χ0) is 8.97. The lowest BCUT2D eigenvalue weighted by Crippen LogP contribution is -3.06. The van der Waals surface area contributed by atoms with Crippen molar-refractivity contribution in [2.24, 2.45) is 0 Å². The Labute approximate surface area is 72.8 Å². The van der Waals surface area contributed by atoms with Crippen LogP contribution in [0.4, 0.5) is 10.1 Å². The van der Waals surface area contributed by atoms with Crippen molar-refractivity contribution in [3.63, 3.8) is 0 Å². The second-order valence-electron chi connectivity index (χ2n) is 2.79. The van der Waals surface area contributed by atoms with E-state index < -0.39 is 0 Å². The number of quaternary nitrogens is 1. The maximum absolute atomic E-state index is 13.2. The maximum Gasteiger partial charge on any atom is 0.183 e. The molecule has 0 bridgehead atoms. The standard InChI is InChI=1S/C10H14FN/c1-3-12(4-2)10-8-6-5-7-9(10)11/h5-8H,3-4H2,1-2H3/p+1. The summed E-state index contributed by atoms with van der Waals surface area (Å²) in [5.74, 6) is -0.101. The van der Waals surface area contributed by atoms with Crippen LogP contribution in [-0.4, -0.2) is 13.1 Å². The van der Waals surface area contributed by atoms with Gasteiger partial charge in [0.1, 0.15) is 0 Å². The molecule has 0 spiro atoms. The molecule has 12 heavy (non-hydrogen) atoms. The third-order valence-electron chi connectivity index (χ3n) is 2.11. The largest absolute Gasteiger partial charge is 0.300 e. The van der Waals surface area contributed by atoms with Crippen LogP contribution in [0.1, 0.15) is 13.8 Å². The van der Waals surface area contributed by atoms with Crippen LogP contribution in [0.5, 0.6) is 0 Å². The Hall–Kier alpha value is -0.890. The molecular weight excluding hydrogens is 153 g/mol. The molecule has 1 aromatic carbocycles. The number of hydrogen-bond donors (Lipinski definition) is 1. The Kier molecular flexibility index (Phi) is 3.23.